The first-order valence-corrected chi connectivity index (χ1v) is 9.20. The Bertz CT molecular complexity index is 797. The molecule has 1 saturated carbocycles. The molecule has 1 aromatic heterocycles. The van der Waals surface area contributed by atoms with Gasteiger partial charge in [0.1, 0.15) is 11.5 Å². The highest BCUT2D eigenvalue weighted by Gasteiger charge is 2.29. The van der Waals surface area contributed by atoms with Crippen molar-refractivity contribution in [2.24, 2.45) is 5.92 Å². The molecule has 1 aromatic carbocycles. The van der Waals surface area contributed by atoms with Crippen LogP contribution in [0.3, 0.4) is 0 Å². The number of nitrogens with one attached hydrogen (secondary N) is 1. The van der Waals surface area contributed by atoms with Crippen LogP contribution in [0.4, 0.5) is 13.2 Å². The minimum atomic E-state index is -3.00. The van der Waals surface area contributed by atoms with E-state index in [0.29, 0.717) is 5.92 Å². The van der Waals surface area contributed by atoms with Crippen molar-refractivity contribution in [2.75, 3.05) is 6.54 Å². The third-order valence-corrected chi connectivity index (χ3v) is 5.04. The van der Waals surface area contributed by atoms with Gasteiger partial charge in [-0.25, -0.2) is 4.39 Å². The predicted octanol–water partition coefficient (Wildman–Crippen LogP) is 5.30. The van der Waals surface area contributed by atoms with Crippen LogP contribution in [0.2, 0.25) is 5.02 Å². The third-order valence-electron chi connectivity index (χ3n) is 4.72. The molecule has 1 unspecified atom stereocenters. The van der Waals surface area contributed by atoms with Gasteiger partial charge in [0.2, 0.25) is 0 Å². The summed E-state index contributed by atoms with van der Waals surface area (Å²) in [5, 5.41) is 2.76. The van der Waals surface area contributed by atoms with Crippen molar-refractivity contribution in [2.45, 2.75) is 38.0 Å². The Morgan fingerprint density at radius 1 is 1.33 bits per heavy atom. The van der Waals surface area contributed by atoms with E-state index in [9.17, 15) is 18.0 Å². The molecule has 0 radical (unpaired) electrons. The average Bonchev–Trinajstić information content (AvgIpc) is 3.42. The summed E-state index contributed by atoms with van der Waals surface area (Å²) in [7, 11) is 0. The second kappa shape index (κ2) is 7.89. The maximum atomic E-state index is 13.9. The van der Waals surface area contributed by atoms with Gasteiger partial charge in [0, 0.05) is 25.6 Å². The molecule has 0 saturated heterocycles. The lowest BCUT2D eigenvalue weighted by atomic mass is 9.94. The number of pyridine rings is 1. The van der Waals surface area contributed by atoms with Crippen LogP contribution in [0.25, 0.3) is 0 Å². The van der Waals surface area contributed by atoms with Gasteiger partial charge in [0.05, 0.1) is 10.6 Å². The molecule has 1 amide bonds. The van der Waals surface area contributed by atoms with Crippen LogP contribution in [0, 0.1) is 11.7 Å². The van der Waals surface area contributed by atoms with Gasteiger partial charge in [-0.05, 0) is 36.1 Å². The highest BCUT2D eigenvalue weighted by molar-refractivity contribution is 6.33. The molecule has 1 aliphatic rings. The number of rotatable bonds is 7. The van der Waals surface area contributed by atoms with Crippen LogP contribution in [0.15, 0.2) is 36.5 Å². The summed E-state index contributed by atoms with van der Waals surface area (Å²) in [5.74, 6) is -3.81. The first-order chi connectivity index (χ1) is 12.8. The number of alkyl halides is 2. The van der Waals surface area contributed by atoms with Crippen molar-refractivity contribution < 1.29 is 18.0 Å². The lowest BCUT2D eigenvalue weighted by molar-refractivity contribution is 0.0127. The Hall–Kier alpha value is -2.08. The number of nitrogens with zero attached hydrogens (tertiary/aromatic N) is 1. The number of amides is 1. The van der Waals surface area contributed by atoms with Crippen molar-refractivity contribution in [1.82, 2.24) is 10.3 Å². The zero-order valence-corrected chi connectivity index (χ0v) is 15.6. The van der Waals surface area contributed by atoms with E-state index >= 15 is 0 Å². The molecular weight excluding hydrogens is 377 g/mol. The second-order valence-corrected chi connectivity index (χ2v) is 7.46. The van der Waals surface area contributed by atoms with E-state index in [2.05, 4.69) is 10.3 Å². The van der Waals surface area contributed by atoms with E-state index in [0.717, 1.165) is 31.7 Å². The van der Waals surface area contributed by atoms with E-state index in [1.807, 2.05) is 0 Å². The number of aromatic nitrogens is 1. The minimum absolute atomic E-state index is 0.0439. The molecule has 1 aliphatic carbocycles. The summed E-state index contributed by atoms with van der Waals surface area (Å²) < 4.78 is 40.6. The Labute approximate surface area is 160 Å². The van der Waals surface area contributed by atoms with Gasteiger partial charge in [-0.15, -0.1) is 0 Å². The van der Waals surface area contributed by atoms with Crippen LogP contribution in [-0.4, -0.2) is 17.4 Å². The number of benzene rings is 1. The summed E-state index contributed by atoms with van der Waals surface area (Å²) in [4.78, 5) is 16.2. The van der Waals surface area contributed by atoms with Gasteiger partial charge < -0.3 is 5.32 Å². The van der Waals surface area contributed by atoms with Gasteiger partial charge in [0.25, 0.3) is 11.8 Å². The highest BCUT2D eigenvalue weighted by atomic mass is 35.5. The monoisotopic (exact) mass is 396 g/mol. The molecule has 0 bridgehead atoms. The molecule has 0 aliphatic heterocycles. The molecule has 144 valence electrons. The molecule has 2 aromatic rings. The summed E-state index contributed by atoms with van der Waals surface area (Å²) in [5.41, 5.74) is 0.289. The number of carbonyl (C=O) groups is 1. The fraction of sp³-hybridized carbons (Fsp3) is 0.400. The third kappa shape index (κ3) is 5.01. The molecule has 3 rings (SSSR count). The van der Waals surface area contributed by atoms with Crippen LogP contribution in [0.5, 0.6) is 0 Å². The van der Waals surface area contributed by atoms with Gasteiger partial charge in [0.15, 0.2) is 0 Å². The molecule has 0 spiro atoms. The second-order valence-electron chi connectivity index (χ2n) is 7.05. The van der Waals surface area contributed by atoms with Crippen LogP contribution < -0.4 is 5.32 Å². The van der Waals surface area contributed by atoms with Crippen LogP contribution in [-0.2, 0) is 5.92 Å². The highest BCUT2D eigenvalue weighted by Crippen LogP contribution is 2.38. The predicted molar refractivity (Wildman–Crippen MR) is 97.6 cm³/mol. The molecule has 7 heteroatoms. The van der Waals surface area contributed by atoms with Crippen molar-refractivity contribution in [1.29, 1.82) is 0 Å². The molecule has 3 nitrogen and oxygen atoms in total. The maximum absolute atomic E-state index is 13.9. The lowest BCUT2D eigenvalue weighted by Crippen LogP contribution is -2.29. The van der Waals surface area contributed by atoms with E-state index in [4.69, 9.17) is 11.6 Å². The van der Waals surface area contributed by atoms with Crippen LogP contribution in [0.1, 0.15) is 53.7 Å². The van der Waals surface area contributed by atoms with Gasteiger partial charge in [-0.2, -0.15) is 8.78 Å². The zero-order valence-electron chi connectivity index (χ0n) is 14.8. The maximum Gasteiger partial charge on any atom is 0.286 e. The largest absolute Gasteiger partial charge is 0.351 e. The Morgan fingerprint density at radius 3 is 2.63 bits per heavy atom. The first kappa shape index (κ1) is 19.7. The summed E-state index contributed by atoms with van der Waals surface area (Å²) in [6, 6.07) is 6.99. The number of halogens is 4. The van der Waals surface area contributed by atoms with E-state index < -0.39 is 17.6 Å². The smallest absolute Gasteiger partial charge is 0.286 e. The number of carbonyl (C=O) groups excluding carboxylic acids is 1. The lowest BCUT2D eigenvalue weighted by Gasteiger charge is -2.19. The van der Waals surface area contributed by atoms with Gasteiger partial charge in [-0.3, -0.25) is 9.78 Å². The van der Waals surface area contributed by atoms with Crippen molar-refractivity contribution >= 4 is 17.5 Å². The molecule has 1 atom stereocenters. The number of hydrogen-bond acceptors (Lipinski definition) is 2. The van der Waals surface area contributed by atoms with Crippen molar-refractivity contribution in [3.05, 3.63) is 64.2 Å². The fourth-order valence-electron chi connectivity index (χ4n) is 3.02. The van der Waals surface area contributed by atoms with E-state index in [-0.39, 0.29) is 28.7 Å². The van der Waals surface area contributed by atoms with E-state index in [1.165, 1.54) is 30.5 Å². The average molecular weight is 397 g/mol. The molecule has 27 heavy (non-hydrogen) atoms. The van der Waals surface area contributed by atoms with Gasteiger partial charge >= 0.3 is 0 Å². The zero-order chi connectivity index (χ0) is 19.6. The standard InChI is InChI=1S/C20H20ClF3N2O/c1-20(23,24)17-8-7-13(10-25-17)14(9-12-5-6-12)11-26-19(27)18-15(21)3-2-4-16(18)22/h2-4,7-8,10,12,14H,5-6,9,11H2,1H3,(H,26,27). The summed E-state index contributed by atoms with van der Waals surface area (Å²) in [6.45, 7) is 1.05. The Kier molecular flexibility index (Phi) is 5.75. The SMILES string of the molecule is CC(F)(F)c1ccc(C(CNC(=O)c2c(F)cccc2Cl)CC2CC2)cn1. The van der Waals surface area contributed by atoms with Crippen molar-refractivity contribution in [3.63, 3.8) is 0 Å². The quantitative estimate of drug-likeness (QED) is 0.690. The van der Waals surface area contributed by atoms with E-state index in [1.54, 1.807) is 6.07 Å². The topological polar surface area (TPSA) is 42.0 Å². The first-order valence-electron chi connectivity index (χ1n) is 8.82. The Morgan fingerprint density at radius 2 is 2.07 bits per heavy atom. The molecule has 1 heterocycles. The summed E-state index contributed by atoms with van der Waals surface area (Å²) in [6.07, 6.45) is 4.47. The van der Waals surface area contributed by atoms with Crippen LogP contribution >= 0.6 is 11.6 Å². The molecule has 1 fully saturated rings. The van der Waals surface area contributed by atoms with Gasteiger partial charge in [-0.1, -0.05) is 36.6 Å². The Balaban J connectivity index is 1.73. The summed E-state index contributed by atoms with van der Waals surface area (Å²) >= 11 is 5.93. The minimum Gasteiger partial charge on any atom is -0.351 e. The molecular formula is C20H20ClF3N2O. The fourth-order valence-corrected chi connectivity index (χ4v) is 3.27. The molecule has 1 N–H and O–H groups in total. The van der Waals surface area contributed by atoms with Crippen molar-refractivity contribution in [3.8, 4) is 0 Å². The number of hydrogen-bond donors (Lipinski definition) is 1. The normalized spacial score (nSPS) is 15.4.